The molecule has 0 bridgehead atoms. The van der Waals surface area contributed by atoms with Gasteiger partial charge in [0.15, 0.2) is 0 Å². The Kier molecular flexibility index (Phi) is 7.01. The first-order valence-electron chi connectivity index (χ1n) is 7.90. The molecule has 0 saturated heterocycles. The quantitative estimate of drug-likeness (QED) is 0.717. The second-order valence-corrected chi connectivity index (χ2v) is 6.23. The van der Waals surface area contributed by atoms with Crippen LogP contribution in [0.4, 0.5) is 0 Å². The summed E-state index contributed by atoms with van der Waals surface area (Å²) in [4.78, 5) is 24.9. The normalized spacial score (nSPS) is 11.5. The molecule has 1 unspecified atom stereocenters. The Hall–Kier alpha value is -2.34. The van der Waals surface area contributed by atoms with E-state index in [0.29, 0.717) is 17.7 Å². The van der Waals surface area contributed by atoms with Crippen LogP contribution in [0.5, 0.6) is 5.75 Å². The number of rotatable bonds is 7. The van der Waals surface area contributed by atoms with Crippen LogP contribution < -0.4 is 10.1 Å². The van der Waals surface area contributed by atoms with E-state index in [1.807, 2.05) is 30.3 Å². The zero-order valence-corrected chi connectivity index (χ0v) is 15.7. The predicted molar refractivity (Wildman–Crippen MR) is 98.7 cm³/mol. The lowest BCUT2D eigenvalue weighted by molar-refractivity contribution is -0.145. The summed E-state index contributed by atoms with van der Waals surface area (Å²) in [5, 5.41) is 2.75. The van der Waals surface area contributed by atoms with E-state index in [1.54, 1.807) is 25.1 Å². The summed E-state index contributed by atoms with van der Waals surface area (Å²) in [5.41, 5.74) is 1.28. The Morgan fingerprint density at radius 1 is 1.16 bits per heavy atom. The summed E-state index contributed by atoms with van der Waals surface area (Å²) in [6, 6.07) is 13.8. The highest BCUT2D eigenvalue weighted by molar-refractivity contribution is 9.10. The number of carbonyl (C=O) groups excluding carboxylic acids is 2. The van der Waals surface area contributed by atoms with E-state index >= 15 is 0 Å². The van der Waals surface area contributed by atoms with Crippen molar-refractivity contribution in [3.63, 3.8) is 0 Å². The van der Waals surface area contributed by atoms with Gasteiger partial charge < -0.3 is 14.8 Å². The molecule has 2 aromatic rings. The molecule has 0 aliphatic heterocycles. The Balaban J connectivity index is 2.22. The number of amides is 1. The van der Waals surface area contributed by atoms with Crippen LogP contribution in [0.1, 0.15) is 22.8 Å². The van der Waals surface area contributed by atoms with Gasteiger partial charge in [0, 0.05) is 10.9 Å². The number of hydrogen-bond acceptors (Lipinski definition) is 4. The van der Waals surface area contributed by atoms with Crippen molar-refractivity contribution in [1.29, 1.82) is 0 Å². The first-order chi connectivity index (χ1) is 12.0. The first-order valence-corrected chi connectivity index (χ1v) is 8.69. The molecule has 0 aliphatic carbocycles. The van der Waals surface area contributed by atoms with Crippen LogP contribution >= 0.6 is 15.9 Å². The van der Waals surface area contributed by atoms with Gasteiger partial charge in [0.1, 0.15) is 11.8 Å². The molecule has 2 rings (SSSR count). The second kappa shape index (κ2) is 9.22. The van der Waals surface area contributed by atoms with E-state index < -0.39 is 17.9 Å². The SMILES string of the molecule is CCOC(=O)C(Cc1ccccc1)NC(=O)c1cc(Br)ccc1OC. The summed E-state index contributed by atoms with van der Waals surface area (Å²) in [5.74, 6) is -0.427. The third kappa shape index (κ3) is 5.32. The molecule has 5 nitrogen and oxygen atoms in total. The van der Waals surface area contributed by atoms with Gasteiger partial charge in [-0.2, -0.15) is 0 Å². The number of carbonyl (C=O) groups is 2. The number of hydrogen-bond donors (Lipinski definition) is 1. The first kappa shape index (κ1) is 19.0. The molecule has 0 spiro atoms. The fourth-order valence-corrected chi connectivity index (χ4v) is 2.74. The molecule has 1 atom stereocenters. The summed E-state index contributed by atoms with van der Waals surface area (Å²) >= 11 is 3.34. The average Bonchev–Trinajstić information content (AvgIpc) is 2.62. The van der Waals surface area contributed by atoms with Crippen molar-refractivity contribution in [2.75, 3.05) is 13.7 Å². The standard InChI is InChI=1S/C19H20BrNO4/c1-3-25-19(23)16(11-13-7-5-4-6-8-13)21-18(22)15-12-14(20)9-10-17(15)24-2/h4-10,12,16H,3,11H2,1-2H3,(H,21,22). The topological polar surface area (TPSA) is 64.6 Å². The van der Waals surface area contributed by atoms with E-state index in [9.17, 15) is 9.59 Å². The zero-order valence-electron chi connectivity index (χ0n) is 14.1. The number of halogens is 1. The van der Waals surface area contributed by atoms with Crippen molar-refractivity contribution in [3.05, 3.63) is 64.1 Å². The van der Waals surface area contributed by atoms with Gasteiger partial charge in [-0.05, 0) is 30.7 Å². The molecule has 0 radical (unpaired) electrons. The molecule has 2 aromatic carbocycles. The highest BCUT2D eigenvalue weighted by Gasteiger charge is 2.24. The predicted octanol–water partition coefficient (Wildman–Crippen LogP) is 3.36. The Bertz CT molecular complexity index is 733. The highest BCUT2D eigenvalue weighted by atomic mass is 79.9. The molecular weight excluding hydrogens is 386 g/mol. The van der Waals surface area contributed by atoms with Gasteiger partial charge in [-0.15, -0.1) is 0 Å². The Morgan fingerprint density at radius 2 is 1.88 bits per heavy atom. The van der Waals surface area contributed by atoms with Crippen molar-refractivity contribution in [2.45, 2.75) is 19.4 Å². The molecule has 0 heterocycles. The highest BCUT2D eigenvalue weighted by Crippen LogP contribution is 2.23. The Labute approximate surface area is 155 Å². The maximum atomic E-state index is 12.7. The molecule has 0 aromatic heterocycles. The van der Waals surface area contributed by atoms with E-state index in [-0.39, 0.29) is 6.61 Å². The lowest BCUT2D eigenvalue weighted by Gasteiger charge is -2.18. The molecule has 25 heavy (non-hydrogen) atoms. The van der Waals surface area contributed by atoms with Gasteiger partial charge in [-0.25, -0.2) is 4.79 Å². The summed E-state index contributed by atoms with van der Waals surface area (Å²) < 4.78 is 11.1. The van der Waals surface area contributed by atoms with Crippen LogP contribution in [0.15, 0.2) is 53.0 Å². The largest absolute Gasteiger partial charge is 0.496 e. The second-order valence-electron chi connectivity index (χ2n) is 5.31. The van der Waals surface area contributed by atoms with Gasteiger partial charge in [0.2, 0.25) is 0 Å². The minimum Gasteiger partial charge on any atom is -0.496 e. The van der Waals surface area contributed by atoms with Crippen LogP contribution in [-0.4, -0.2) is 31.6 Å². The summed E-state index contributed by atoms with van der Waals surface area (Å²) in [7, 11) is 1.49. The van der Waals surface area contributed by atoms with Crippen LogP contribution in [0.25, 0.3) is 0 Å². The maximum Gasteiger partial charge on any atom is 0.328 e. The molecule has 1 N–H and O–H groups in total. The molecule has 6 heteroatoms. The van der Waals surface area contributed by atoms with E-state index in [2.05, 4.69) is 21.2 Å². The third-order valence-corrected chi connectivity index (χ3v) is 4.06. The van der Waals surface area contributed by atoms with Crippen molar-refractivity contribution in [2.24, 2.45) is 0 Å². The van der Waals surface area contributed by atoms with E-state index in [1.165, 1.54) is 7.11 Å². The van der Waals surface area contributed by atoms with Gasteiger partial charge in [-0.3, -0.25) is 4.79 Å². The van der Waals surface area contributed by atoms with Crippen molar-refractivity contribution >= 4 is 27.8 Å². The average molecular weight is 406 g/mol. The minimum atomic E-state index is -0.779. The van der Waals surface area contributed by atoms with Gasteiger partial charge >= 0.3 is 5.97 Å². The number of ether oxygens (including phenoxy) is 2. The number of benzene rings is 2. The monoisotopic (exact) mass is 405 g/mol. The maximum absolute atomic E-state index is 12.7. The minimum absolute atomic E-state index is 0.250. The van der Waals surface area contributed by atoms with Crippen LogP contribution in [0.2, 0.25) is 0 Å². The molecule has 0 saturated carbocycles. The number of nitrogens with one attached hydrogen (secondary N) is 1. The summed E-state index contributed by atoms with van der Waals surface area (Å²) in [6.45, 7) is 1.98. The number of esters is 1. The van der Waals surface area contributed by atoms with Crippen LogP contribution in [0.3, 0.4) is 0 Å². The number of methoxy groups -OCH3 is 1. The van der Waals surface area contributed by atoms with E-state index in [4.69, 9.17) is 9.47 Å². The van der Waals surface area contributed by atoms with Crippen molar-refractivity contribution in [1.82, 2.24) is 5.32 Å². The van der Waals surface area contributed by atoms with Gasteiger partial charge in [0.25, 0.3) is 5.91 Å². The zero-order chi connectivity index (χ0) is 18.2. The smallest absolute Gasteiger partial charge is 0.328 e. The fraction of sp³-hybridized carbons (Fsp3) is 0.263. The van der Waals surface area contributed by atoms with Gasteiger partial charge in [-0.1, -0.05) is 46.3 Å². The Morgan fingerprint density at radius 3 is 2.52 bits per heavy atom. The lowest BCUT2D eigenvalue weighted by atomic mass is 10.1. The van der Waals surface area contributed by atoms with Crippen molar-refractivity contribution in [3.8, 4) is 5.75 Å². The van der Waals surface area contributed by atoms with Gasteiger partial charge in [0.05, 0.1) is 19.3 Å². The molecule has 0 aliphatic rings. The van der Waals surface area contributed by atoms with Crippen LogP contribution in [-0.2, 0) is 16.0 Å². The molecule has 1 amide bonds. The van der Waals surface area contributed by atoms with Crippen LogP contribution in [0, 0.1) is 0 Å². The summed E-state index contributed by atoms with van der Waals surface area (Å²) in [6.07, 6.45) is 0.349. The fourth-order valence-electron chi connectivity index (χ4n) is 2.38. The van der Waals surface area contributed by atoms with E-state index in [0.717, 1.165) is 10.0 Å². The molecular formula is C19H20BrNO4. The lowest BCUT2D eigenvalue weighted by Crippen LogP contribution is -2.43. The molecule has 0 fully saturated rings. The van der Waals surface area contributed by atoms with Crippen molar-refractivity contribution < 1.29 is 19.1 Å². The third-order valence-electron chi connectivity index (χ3n) is 3.57. The molecule has 132 valence electrons.